The summed E-state index contributed by atoms with van der Waals surface area (Å²) in [6.45, 7) is 7.18. The number of rotatable bonds is 8. The Balaban J connectivity index is 1.53. The third-order valence-electron chi connectivity index (χ3n) is 5.36. The van der Waals surface area contributed by atoms with Gasteiger partial charge in [-0.1, -0.05) is 26.7 Å². The van der Waals surface area contributed by atoms with Crippen LogP contribution in [0.5, 0.6) is 0 Å². The van der Waals surface area contributed by atoms with Gasteiger partial charge >= 0.3 is 0 Å². The second-order valence-corrected chi connectivity index (χ2v) is 7.63. The molecular weight excluding hydrogens is 316 g/mol. The van der Waals surface area contributed by atoms with Crippen LogP contribution < -0.4 is 0 Å². The van der Waals surface area contributed by atoms with E-state index < -0.39 is 0 Å². The quantitative estimate of drug-likeness (QED) is 0.727. The molecule has 1 aromatic heterocycles. The Labute approximate surface area is 150 Å². The average molecular weight is 346 g/mol. The number of aromatic nitrogens is 2. The molecule has 0 saturated carbocycles. The summed E-state index contributed by atoms with van der Waals surface area (Å²) in [6, 6.07) is 0. The lowest BCUT2D eigenvalue weighted by Crippen LogP contribution is -2.27. The Bertz CT molecular complexity index is 562. The van der Waals surface area contributed by atoms with Gasteiger partial charge in [-0.15, -0.1) is 0 Å². The summed E-state index contributed by atoms with van der Waals surface area (Å²) in [4.78, 5) is 32.5. The molecule has 2 atom stereocenters. The molecule has 3 rings (SSSR count). The van der Waals surface area contributed by atoms with Crippen molar-refractivity contribution in [1.29, 1.82) is 0 Å². The van der Waals surface area contributed by atoms with Gasteiger partial charge in [-0.25, -0.2) is 4.98 Å². The maximum absolute atomic E-state index is 12.1. The predicted octanol–water partition coefficient (Wildman–Crippen LogP) is 2.64. The molecular formula is C19H30N4O2. The molecule has 2 unspecified atom stereocenters. The maximum Gasteiger partial charge on any atom is 0.224 e. The fourth-order valence-electron chi connectivity index (χ4n) is 4.16. The van der Waals surface area contributed by atoms with Crippen molar-refractivity contribution in [2.75, 3.05) is 13.1 Å². The molecule has 2 saturated heterocycles. The van der Waals surface area contributed by atoms with E-state index >= 15 is 0 Å². The van der Waals surface area contributed by atoms with Crippen LogP contribution in [0.25, 0.3) is 0 Å². The number of nitrogens with zero attached hydrogens (tertiary/aromatic N) is 4. The highest BCUT2D eigenvalue weighted by Gasteiger charge is 2.30. The van der Waals surface area contributed by atoms with E-state index in [0.29, 0.717) is 37.9 Å². The van der Waals surface area contributed by atoms with E-state index in [1.807, 2.05) is 20.6 Å². The van der Waals surface area contributed by atoms with Gasteiger partial charge in [0.05, 0.1) is 25.2 Å². The first-order valence-corrected chi connectivity index (χ1v) is 9.65. The first-order chi connectivity index (χ1) is 12.1. The standard InChI is InChI=1S/C19H30N4O2/c1-3-5-15-7-18(24)22(9-15)12-17-11-21(13-20-17)14-23-10-16(6-4-2)8-19(23)25/h11,13,15-16H,3-10,12,14H2,1-2H3. The van der Waals surface area contributed by atoms with Gasteiger partial charge in [-0.05, 0) is 24.7 Å². The zero-order valence-electron chi connectivity index (χ0n) is 15.5. The van der Waals surface area contributed by atoms with Crippen LogP contribution in [0.15, 0.2) is 12.5 Å². The second kappa shape index (κ2) is 8.02. The Hall–Kier alpha value is -1.85. The number of imidazole rings is 1. The van der Waals surface area contributed by atoms with E-state index in [2.05, 4.69) is 18.8 Å². The van der Waals surface area contributed by atoms with E-state index in [9.17, 15) is 9.59 Å². The molecule has 2 fully saturated rings. The highest BCUT2D eigenvalue weighted by atomic mass is 16.2. The van der Waals surface area contributed by atoms with Crippen molar-refractivity contribution >= 4 is 11.8 Å². The Morgan fingerprint density at radius 2 is 1.60 bits per heavy atom. The van der Waals surface area contributed by atoms with Crippen LogP contribution in [0.2, 0.25) is 0 Å². The second-order valence-electron chi connectivity index (χ2n) is 7.63. The smallest absolute Gasteiger partial charge is 0.224 e. The van der Waals surface area contributed by atoms with Crippen LogP contribution in [0, 0.1) is 11.8 Å². The molecule has 3 heterocycles. The molecule has 2 amide bonds. The minimum Gasteiger partial charge on any atom is -0.336 e. The van der Waals surface area contributed by atoms with Crippen molar-refractivity contribution in [1.82, 2.24) is 19.4 Å². The van der Waals surface area contributed by atoms with Crippen molar-refractivity contribution in [3.8, 4) is 0 Å². The van der Waals surface area contributed by atoms with Crippen LogP contribution in [-0.4, -0.2) is 44.3 Å². The molecule has 25 heavy (non-hydrogen) atoms. The summed E-state index contributed by atoms with van der Waals surface area (Å²) in [6.07, 6.45) is 9.60. The van der Waals surface area contributed by atoms with Gasteiger partial charge < -0.3 is 14.4 Å². The van der Waals surface area contributed by atoms with Gasteiger partial charge in [0.2, 0.25) is 11.8 Å². The van der Waals surface area contributed by atoms with Crippen LogP contribution in [0.3, 0.4) is 0 Å². The monoisotopic (exact) mass is 346 g/mol. The fourth-order valence-corrected chi connectivity index (χ4v) is 4.16. The number of amides is 2. The zero-order valence-corrected chi connectivity index (χ0v) is 15.5. The van der Waals surface area contributed by atoms with E-state index in [1.165, 1.54) is 0 Å². The Kier molecular flexibility index (Phi) is 5.76. The van der Waals surface area contributed by atoms with Crippen LogP contribution in [0.4, 0.5) is 0 Å². The Morgan fingerprint density at radius 1 is 1.00 bits per heavy atom. The third-order valence-corrected chi connectivity index (χ3v) is 5.36. The van der Waals surface area contributed by atoms with Crippen molar-refractivity contribution in [3.63, 3.8) is 0 Å². The van der Waals surface area contributed by atoms with Crippen LogP contribution in [0.1, 0.15) is 58.1 Å². The highest BCUT2D eigenvalue weighted by Crippen LogP contribution is 2.24. The van der Waals surface area contributed by atoms with Gasteiger partial charge in [0.25, 0.3) is 0 Å². The van der Waals surface area contributed by atoms with Gasteiger partial charge in [0.15, 0.2) is 0 Å². The zero-order chi connectivity index (χ0) is 17.8. The lowest BCUT2D eigenvalue weighted by molar-refractivity contribution is -0.129. The van der Waals surface area contributed by atoms with Crippen molar-refractivity contribution < 1.29 is 9.59 Å². The summed E-state index contributed by atoms with van der Waals surface area (Å²) in [5.74, 6) is 1.48. The van der Waals surface area contributed by atoms with E-state index in [4.69, 9.17) is 0 Å². The summed E-state index contributed by atoms with van der Waals surface area (Å²) < 4.78 is 1.96. The summed E-state index contributed by atoms with van der Waals surface area (Å²) in [5, 5.41) is 0. The number of carbonyl (C=O) groups excluding carboxylic acids is 2. The predicted molar refractivity (Wildman–Crippen MR) is 95.4 cm³/mol. The van der Waals surface area contributed by atoms with Crippen LogP contribution >= 0.6 is 0 Å². The first-order valence-electron chi connectivity index (χ1n) is 9.65. The molecule has 2 aliphatic heterocycles. The SMILES string of the molecule is CCCC1CC(=O)N(Cc2cn(CN3CC(CCC)CC3=O)cn2)C1. The van der Waals surface area contributed by atoms with Crippen LogP contribution in [-0.2, 0) is 22.8 Å². The van der Waals surface area contributed by atoms with Gasteiger partial charge in [-0.3, -0.25) is 9.59 Å². The third kappa shape index (κ3) is 4.41. The number of hydrogen-bond acceptors (Lipinski definition) is 3. The minimum absolute atomic E-state index is 0.241. The molecule has 0 bridgehead atoms. The molecule has 6 nitrogen and oxygen atoms in total. The van der Waals surface area contributed by atoms with E-state index in [0.717, 1.165) is 44.5 Å². The average Bonchev–Trinajstić information content (AvgIpc) is 3.23. The lowest BCUT2D eigenvalue weighted by atomic mass is 10.0. The normalized spacial score (nSPS) is 23.9. The number of likely N-dealkylation sites (tertiary alicyclic amines) is 2. The highest BCUT2D eigenvalue weighted by molar-refractivity contribution is 5.78. The summed E-state index contributed by atoms with van der Waals surface area (Å²) >= 11 is 0. The lowest BCUT2D eigenvalue weighted by Gasteiger charge is -2.17. The molecule has 1 aromatic rings. The largest absolute Gasteiger partial charge is 0.336 e. The van der Waals surface area contributed by atoms with Crippen molar-refractivity contribution in [3.05, 3.63) is 18.2 Å². The molecule has 0 N–H and O–H groups in total. The molecule has 6 heteroatoms. The molecule has 0 radical (unpaired) electrons. The fraction of sp³-hybridized carbons (Fsp3) is 0.737. The van der Waals surface area contributed by atoms with Gasteiger partial charge in [-0.2, -0.15) is 0 Å². The number of hydrogen-bond donors (Lipinski definition) is 0. The van der Waals surface area contributed by atoms with E-state index in [-0.39, 0.29) is 11.8 Å². The number of carbonyl (C=O) groups is 2. The molecule has 0 aliphatic carbocycles. The summed E-state index contributed by atoms with van der Waals surface area (Å²) in [5.41, 5.74) is 0.905. The van der Waals surface area contributed by atoms with Gasteiger partial charge in [0, 0.05) is 32.1 Å². The maximum atomic E-state index is 12.1. The molecule has 138 valence electrons. The topological polar surface area (TPSA) is 58.4 Å². The Morgan fingerprint density at radius 3 is 2.24 bits per heavy atom. The summed E-state index contributed by atoms with van der Waals surface area (Å²) in [7, 11) is 0. The first kappa shape index (κ1) is 18.0. The van der Waals surface area contributed by atoms with Crippen molar-refractivity contribution in [2.45, 2.75) is 65.6 Å². The minimum atomic E-state index is 0.241. The van der Waals surface area contributed by atoms with E-state index in [1.54, 1.807) is 6.33 Å². The van der Waals surface area contributed by atoms with Gasteiger partial charge in [0.1, 0.15) is 0 Å². The molecule has 0 aromatic carbocycles. The van der Waals surface area contributed by atoms with Crippen molar-refractivity contribution in [2.24, 2.45) is 11.8 Å². The molecule has 0 spiro atoms. The molecule has 2 aliphatic rings.